The second-order valence-electron chi connectivity index (χ2n) is 5.82. The highest BCUT2D eigenvalue weighted by molar-refractivity contribution is 6.30. The van der Waals surface area contributed by atoms with Crippen LogP contribution >= 0.6 is 11.6 Å². The minimum atomic E-state index is -0.362. The zero-order valence-electron chi connectivity index (χ0n) is 13.4. The molecule has 3 heterocycles. The van der Waals surface area contributed by atoms with Gasteiger partial charge < -0.3 is 19.4 Å². The number of carbonyl (C=O) groups is 2. The molecule has 1 fully saturated rings. The second kappa shape index (κ2) is 7.09. The molecule has 3 rings (SSSR count). The van der Waals surface area contributed by atoms with E-state index in [0.717, 1.165) is 19.3 Å². The summed E-state index contributed by atoms with van der Waals surface area (Å²) in [6, 6.07) is 3.36. The molecule has 0 unspecified atom stereocenters. The lowest BCUT2D eigenvalue weighted by Crippen LogP contribution is -2.44. The van der Waals surface area contributed by atoms with Crippen molar-refractivity contribution in [2.75, 3.05) is 20.2 Å². The van der Waals surface area contributed by atoms with Crippen LogP contribution in [0.1, 0.15) is 29.8 Å². The molecule has 1 N–H and O–H groups in total. The van der Waals surface area contributed by atoms with Crippen LogP contribution in [-0.4, -0.2) is 52.5 Å². The average molecular weight is 351 g/mol. The molecule has 1 saturated heterocycles. The summed E-state index contributed by atoms with van der Waals surface area (Å²) in [7, 11) is 1.36. The van der Waals surface area contributed by atoms with Crippen LogP contribution in [0.4, 0.5) is 4.79 Å². The summed E-state index contributed by atoms with van der Waals surface area (Å²) in [6.45, 7) is 1.09. The van der Waals surface area contributed by atoms with Crippen LogP contribution in [0.5, 0.6) is 0 Å². The van der Waals surface area contributed by atoms with Gasteiger partial charge in [0.15, 0.2) is 0 Å². The van der Waals surface area contributed by atoms with Crippen molar-refractivity contribution in [2.45, 2.75) is 25.3 Å². The van der Waals surface area contributed by atoms with Gasteiger partial charge >= 0.3 is 6.09 Å². The van der Waals surface area contributed by atoms with Gasteiger partial charge in [-0.1, -0.05) is 11.6 Å². The summed E-state index contributed by atoms with van der Waals surface area (Å²) in [5, 5.41) is 3.54. The summed E-state index contributed by atoms with van der Waals surface area (Å²) in [5.41, 5.74) is 0.979. The molecule has 0 aromatic carbocycles. The minimum absolute atomic E-state index is 0.118. The Bertz CT molecular complexity index is 761. The van der Waals surface area contributed by atoms with Gasteiger partial charge in [-0.25, -0.2) is 9.78 Å². The Balaban J connectivity index is 1.71. The number of nitrogens with zero attached hydrogens (tertiary/aromatic N) is 3. The van der Waals surface area contributed by atoms with Gasteiger partial charge in [0, 0.05) is 31.5 Å². The highest BCUT2D eigenvalue weighted by atomic mass is 35.5. The van der Waals surface area contributed by atoms with E-state index < -0.39 is 0 Å². The van der Waals surface area contributed by atoms with Crippen LogP contribution in [-0.2, 0) is 4.74 Å². The summed E-state index contributed by atoms with van der Waals surface area (Å²) >= 11 is 5.94. The van der Waals surface area contributed by atoms with Crippen molar-refractivity contribution in [1.82, 2.24) is 19.6 Å². The van der Waals surface area contributed by atoms with Crippen molar-refractivity contribution in [2.24, 2.45) is 0 Å². The molecule has 0 radical (unpaired) electrons. The maximum absolute atomic E-state index is 12.5. The zero-order chi connectivity index (χ0) is 17.1. The van der Waals surface area contributed by atoms with E-state index in [2.05, 4.69) is 10.3 Å². The predicted molar refractivity (Wildman–Crippen MR) is 89.3 cm³/mol. The summed E-state index contributed by atoms with van der Waals surface area (Å²) in [4.78, 5) is 30.1. The van der Waals surface area contributed by atoms with E-state index >= 15 is 0 Å². The van der Waals surface area contributed by atoms with E-state index in [-0.39, 0.29) is 18.0 Å². The number of carbonyl (C=O) groups excluding carboxylic acids is 2. The molecule has 8 heteroatoms. The average Bonchev–Trinajstić information content (AvgIpc) is 2.85. The van der Waals surface area contributed by atoms with Gasteiger partial charge in [-0.2, -0.15) is 0 Å². The lowest BCUT2D eigenvalue weighted by atomic mass is 10.1. The molecular weight excluding hydrogens is 332 g/mol. The van der Waals surface area contributed by atoms with Crippen LogP contribution < -0.4 is 5.32 Å². The number of likely N-dealkylation sites (tertiary alicyclic amines) is 1. The van der Waals surface area contributed by atoms with Gasteiger partial charge in [0.1, 0.15) is 11.3 Å². The van der Waals surface area contributed by atoms with E-state index in [1.165, 1.54) is 7.11 Å². The van der Waals surface area contributed by atoms with Crippen LogP contribution in [0.25, 0.3) is 5.65 Å². The van der Waals surface area contributed by atoms with E-state index in [1.54, 1.807) is 33.8 Å². The van der Waals surface area contributed by atoms with Gasteiger partial charge in [0.25, 0.3) is 5.91 Å². The number of halogens is 1. The molecule has 2 aromatic heterocycles. The van der Waals surface area contributed by atoms with Crippen LogP contribution in [0.15, 0.2) is 24.5 Å². The van der Waals surface area contributed by atoms with E-state index in [9.17, 15) is 9.59 Å². The first-order chi connectivity index (χ1) is 11.6. The quantitative estimate of drug-likeness (QED) is 0.902. The van der Waals surface area contributed by atoms with E-state index in [4.69, 9.17) is 16.3 Å². The first-order valence-electron chi connectivity index (χ1n) is 7.85. The molecule has 0 spiro atoms. The third-order valence-electron chi connectivity index (χ3n) is 4.09. The number of hydrogen-bond acceptors (Lipinski definition) is 4. The number of pyridine rings is 1. The molecule has 7 nitrogen and oxygen atoms in total. The third-order valence-corrected chi connectivity index (χ3v) is 4.31. The molecule has 1 aliphatic rings. The fourth-order valence-corrected chi connectivity index (χ4v) is 3.06. The molecule has 0 bridgehead atoms. The summed E-state index contributed by atoms with van der Waals surface area (Å²) < 4.78 is 6.49. The molecular formula is C16H19ClN4O3. The standard InChI is InChI=1S/C16H19ClN4O3/c1-24-16(23)20-7-3-2-4-12(9-20)18-15(22)13-10-21-8-11(17)5-6-14(21)19-13/h5-6,8,10,12H,2-4,7,9H2,1H3,(H,18,22)/t12-/m0/s1. The molecule has 0 saturated carbocycles. The Kier molecular flexibility index (Phi) is 4.89. The first-order valence-corrected chi connectivity index (χ1v) is 8.22. The SMILES string of the molecule is COC(=O)N1CCCC[C@H](NC(=O)c2cn3cc(Cl)ccc3n2)C1. The van der Waals surface area contributed by atoms with Crippen molar-refractivity contribution < 1.29 is 14.3 Å². The zero-order valence-corrected chi connectivity index (χ0v) is 14.1. The molecule has 2 amide bonds. The second-order valence-corrected chi connectivity index (χ2v) is 6.26. The van der Waals surface area contributed by atoms with Gasteiger partial charge in [-0.15, -0.1) is 0 Å². The lowest BCUT2D eigenvalue weighted by Gasteiger charge is -2.23. The number of rotatable bonds is 2. The smallest absolute Gasteiger partial charge is 0.409 e. The third kappa shape index (κ3) is 3.62. The highest BCUT2D eigenvalue weighted by Crippen LogP contribution is 2.14. The van der Waals surface area contributed by atoms with Crippen molar-refractivity contribution >= 4 is 29.2 Å². The molecule has 24 heavy (non-hydrogen) atoms. The van der Waals surface area contributed by atoms with Crippen LogP contribution in [0.2, 0.25) is 5.02 Å². The van der Waals surface area contributed by atoms with Crippen LogP contribution in [0, 0.1) is 0 Å². The normalized spacial score (nSPS) is 18.2. The number of hydrogen-bond donors (Lipinski definition) is 1. The Labute approximate surface area is 144 Å². The minimum Gasteiger partial charge on any atom is -0.453 e. The van der Waals surface area contributed by atoms with Gasteiger partial charge in [0.2, 0.25) is 0 Å². The van der Waals surface area contributed by atoms with Gasteiger partial charge in [-0.3, -0.25) is 4.79 Å². The van der Waals surface area contributed by atoms with Crippen molar-refractivity contribution in [1.29, 1.82) is 0 Å². The lowest BCUT2D eigenvalue weighted by molar-refractivity contribution is 0.0909. The molecule has 1 aliphatic heterocycles. The number of ether oxygens (including phenoxy) is 1. The summed E-state index contributed by atoms with van der Waals surface area (Å²) in [5.74, 6) is -0.258. The Morgan fingerprint density at radius 3 is 2.96 bits per heavy atom. The van der Waals surface area contributed by atoms with E-state index in [1.807, 2.05) is 0 Å². The number of nitrogens with one attached hydrogen (secondary N) is 1. The predicted octanol–water partition coefficient (Wildman–Crippen LogP) is 2.34. The van der Waals surface area contributed by atoms with Gasteiger partial charge in [0.05, 0.1) is 12.1 Å². The molecule has 2 aromatic rings. The van der Waals surface area contributed by atoms with E-state index in [0.29, 0.717) is 29.5 Å². The molecule has 0 aliphatic carbocycles. The number of fused-ring (bicyclic) bond motifs is 1. The number of imidazole rings is 1. The maximum atomic E-state index is 12.5. The molecule has 128 valence electrons. The Morgan fingerprint density at radius 2 is 2.17 bits per heavy atom. The van der Waals surface area contributed by atoms with Crippen molar-refractivity contribution in [3.8, 4) is 0 Å². The molecule has 1 atom stereocenters. The van der Waals surface area contributed by atoms with Crippen molar-refractivity contribution in [3.63, 3.8) is 0 Å². The summed E-state index contributed by atoms with van der Waals surface area (Å²) in [6.07, 6.45) is 5.64. The van der Waals surface area contributed by atoms with Gasteiger partial charge in [-0.05, 0) is 31.4 Å². The maximum Gasteiger partial charge on any atom is 0.409 e. The highest BCUT2D eigenvalue weighted by Gasteiger charge is 2.24. The number of amides is 2. The number of aromatic nitrogens is 2. The monoisotopic (exact) mass is 350 g/mol. The largest absolute Gasteiger partial charge is 0.453 e. The Hall–Kier alpha value is -2.28. The Morgan fingerprint density at radius 1 is 1.33 bits per heavy atom. The number of methoxy groups -OCH3 is 1. The topological polar surface area (TPSA) is 75.9 Å². The fraction of sp³-hybridized carbons (Fsp3) is 0.438. The van der Waals surface area contributed by atoms with Crippen LogP contribution in [0.3, 0.4) is 0 Å². The fourth-order valence-electron chi connectivity index (χ4n) is 2.89. The first kappa shape index (κ1) is 16.6. The van der Waals surface area contributed by atoms with Crippen molar-refractivity contribution in [3.05, 3.63) is 35.2 Å².